The largest absolute Gasteiger partial charge is 0.335 e. The van der Waals surface area contributed by atoms with E-state index < -0.39 is 0 Å². The van der Waals surface area contributed by atoms with E-state index in [-0.39, 0.29) is 11.7 Å². The fraction of sp³-hybridized carbons (Fsp3) is 0.588. The molecule has 0 bridgehead atoms. The maximum absolute atomic E-state index is 13.3. The second kappa shape index (κ2) is 5.55. The zero-order valence-corrected chi connectivity index (χ0v) is 12.1. The fourth-order valence-electron chi connectivity index (χ4n) is 3.82. The minimum Gasteiger partial charge on any atom is -0.335 e. The highest BCUT2D eigenvalue weighted by atomic mass is 19.1. The number of amides is 1. The van der Waals surface area contributed by atoms with Crippen molar-refractivity contribution in [2.24, 2.45) is 5.92 Å². The second-order valence-corrected chi connectivity index (χ2v) is 6.22. The molecule has 1 aliphatic carbocycles. The van der Waals surface area contributed by atoms with E-state index in [0.717, 1.165) is 19.4 Å². The molecular weight excluding hydrogens is 253 g/mol. The van der Waals surface area contributed by atoms with Gasteiger partial charge in [0.25, 0.3) is 5.91 Å². The van der Waals surface area contributed by atoms with Crippen LogP contribution in [-0.2, 0) is 0 Å². The molecule has 20 heavy (non-hydrogen) atoms. The van der Waals surface area contributed by atoms with Gasteiger partial charge in [-0.25, -0.2) is 4.39 Å². The van der Waals surface area contributed by atoms with Gasteiger partial charge in [-0.15, -0.1) is 0 Å². The summed E-state index contributed by atoms with van der Waals surface area (Å²) in [5, 5.41) is 0. The van der Waals surface area contributed by atoms with Crippen molar-refractivity contribution in [2.45, 2.75) is 51.5 Å². The number of aryl methyl sites for hydroxylation is 1. The van der Waals surface area contributed by atoms with E-state index in [1.165, 1.54) is 31.7 Å². The molecule has 0 aromatic heterocycles. The van der Waals surface area contributed by atoms with Gasteiger partial charge in [0, 0.05) is 18.2 Å². The molecule has 0 spiro atoms. The van der Waals surface area contributed by atoms with Crippen LogP contribution in [0.2, 0.25) is 0 Å². The summed E-state index contributed by atoms with van der Waals surface area (Å²) in [5.74, 6) is 0.529. The Kier molecular flexibility index (Phi) is 3.77. The first-order chi connectivity index (χ1) is 9.66. The number of hydrogen-bond acceptors (Lipinski definition) is 1. The number of carbonyl (C=O) groups is 1. The third-order valence-electron chi connectivity index (χ3n) is 4.91. The number of hydrogen-bond donors (Lipinski definition) is 0. The fourth-order valence-corrected chi connectivity index (χ4v) is 3.82. The van der Waals surface area contributed by atoms with Crippen LogP contribution in [-0.4, -0.2) is 23.4 Å². The minimum absolute atomic E-state index is 0.0856. The Morgan fingerprint density at radius 3 is 2.65 bits per heavy atom. The maximum atomic E-state index is 13.3. The average molecular weight is 275 g/mol. The first kappa shape index (κ1) is 13.6. The first-order valence-corrected chi connectivity index (χ1v) is 7.74. The predicted molar refractivity (Wildman–Crippen MR) is 77.2 cm³/mol. The molecule has 1 heterocycles. The summed E-state index contributed by atoms with van der Waals surface area (Å²) in [4.78, 5) is 14.7. The lowest BCUT2D eigenvalue weighted by Gasteiger charge is -2.29. The van der Waals surface area contributed by atoms with Crippen molar-refractivity contribution in [3.8, 4) is 0 Å². The Morgan fingerprint density at radius 1 is 1.20 bits per heavy atom. The van der Waals surface area contributed by atoms with Crippen LogP contribution < -0.4 is 0 Å². The van der Waals surface area contributed by atoms with Crippen LogP contribution in [0, 0.1) is 18.7 Å². The van der Waals surface area contributed by atoms with Gasteiger partial charge in [0.2, 0.25) is 0 Å². The summed E-state index contributed by atoms with van der Waals surface area (Å²) < 4.78 is 13.3. The van der Waals surface area contributed by atoms with Crippen LogP contribution in [0.4, 0.5) is 4.39 Å². The van der Waals surface area contributed by atoms with Gasteiger partial charge in [0.1, 0.15) is 5.82 Å². The van der Waals surface area contributed by atoms with Crippen molar-refractivity contribution in [3.63, 3.8) is 0 Å². The maximum Gasteiger partial charge on any atom is 0.254 e. The third kappa shape index (κ3) is 2.46. The van der Waals surface area contributed by atoms with Crippen molar-refractivity contribution in [2.75, 3.05) is 6.54 Å². The Morgan fingerprint density at radius 2 is 1.95 bits per heavy atom. The molecule has 1 unspecified atom stereocenters. The molecule has 3 rings (SSSR count). The quantitative estimate of drug-likeness (QED) is 0.801. The van der Waals surface area contributed by atoms with Crippen LogP contribution in [0.15, 0.2) is 18.2 Å². The SMILES string of the molecule is Cc1cc(C(=O)N2CCCC2C2CCCC2)ccc1F. The summed E-state index contributed by atoms with van der Waals surface area (Å²) in [7, 11) is 0. The molecule has 1 aliphatic heterocycles. The van der Waals surface area contributed by atoms with Gasteiger partial charge < -0.3 is 4.90 Å². The van der Waals surface area contributed by atoms with Gasteiger partial charge in [-0.1, -0.05) is 12.8 Å². The van der Waals surface area contributed by atoms with E-state index in [0.29, 0.717) is 23.1 Å². The summed E-state index contributed by atoms with van der Waals surface area (Å²) in [6.07, 6.45) is 7.37. The van der Waals surface area contributed by atoms with Crippen molar-refractivity contribution < 1.29 is 9.18 Å². The standard InChI is InChI=1S/C17H22FNO/c1-12-11-14(8-9-15(12)18)17(20)19-10-4-7-16(19)13-5-2-3-6-13/h8-9,11,13,16H,2-7,10H2,1H3. The van der Waals surface area contributed by atoms with Crippen molar-refractivity contribution >= 4 is 5.91 Å². The lowest BCUT2D eigenvalue weighted by atomic mass is 9.95. The van der Waals surface area contributed by atoms with Crippen molar-refractivity contribution in [1.29, 1.82) is 0 Å². The van der Waals surface area contributed by atoms with Crippen LogP contribution >= 0.6 is 0 Å². The highest BCUT2D eigenvalue weighted by Crippen LogP contribution is 2.36. The normalized spacial score (nSPS) is 23.5. The molecule has 1 atom stereocenters. The number of nitrogens with zero attached hydrogens (tertiary/aromatic N) is 1. The minimum atomic E-state index is -0.240. The average Bonchev–Trinajstić information content (AvgIpc) is 3.10. The van der Waals surface area contributed by atoms with E-state index in [1.807, 2.05) is 4.90 Å². The lowest BCUT2D eigenvalue weighted by Crippen LogP contribution is -2.39. The molecular formula is C17H22FNO. The highest BCUT2D eigenvalue weighted by molar-refractivity contribution is 5.94. The van der Waals surface area contributed by atoms with Gasteiger partial charge >= 0.3 is 0 Å². The second-order valence-electron chi connectivity index (χ2n) is 6.22. The van der Waals surface area contributed by atoms with Crippen molar-refractivity contribution in [1.82, 2.24) is 4.90 Å². The smallest absolute Gasteiger partial charge is 0.254 e. The Bertz CT molecular complexity index is 508. The van der Waals surface area contributed by atoms with Crippen molar-refractivity contribution in [3.05, 3.63) is 35.1 Å². The Balaban J connectivity index is 1.79. The molecule has 1 aromatic rings. The first-order valence-electron chi connectivity index (χ1n) is 7.74. The summed E-state index contributed by atoms with van der Waals surface area (Å²) in [6.45, 7) is 2.57. The summed E-state index contributed by atoms with van der Waals surface area (Å²) >= 11 is 0. The molecule has 0 radical (unpaired) electrons. The molecule has 1 amide bonds. The number of halogens is 1. The molecule has 1 saturated heterocycles. The predicted octanol–water partition coefficient (Wildman–Crippen LogP) is 3.93. The van der Waals surface area contributed by atoms with Crippen LogP contribution in [0.3, 0.4) is 0 Å². The number of carbonyl (C=O) groups excluding carboxylic acids is 1. The molecule has 3 heteroatoms. The zero-order chi connectivity index (χ0) is 14.1. The van der Waals surface area contributed by atoms with Crippen LogP contribution in [0.5, 0.6) is 0 Å². The van der Waals surface area contributed by atoms with E-state index >= 15 is 0 Å². The molecule has 2 nitrogen and oxygen atoms in total. The molecule has 2 aliphatic rings. The van der Waals surface area contributed by atoms with Gasteiger partial charge in [0.05, 0.1) is 0 Å². The number of benzene rings is 1. The monoisotopic (exact) mass is 275 g/mol. The summed E-state index contributed by atoms with van der Waals surface area (Å²) in [5.41, 5.74) is 1.18. The third-order valence-corrected chi connectivity index (χ3v) is 4.91. The van der Waals surface area contributed by atoms with E-state index in [4.69, 9.17) is 0 Å². The van der Waals surface area contributed by atoms with E-state index in [1.54, 1.807) is 19.1 Å². The Hall–Kier alpha value is -1.38. The van der Waals surface area contributed by atoms with Crippen LogP contribution in [0.25, 0.3) is 0 Å². The van der Waals surface area contributed by atoms with Gasteiger partial charge in [-0.2, -0.15) is 0 Å². The molecule has 0 N–H and O–H groups in total. The van der Waals surface area contributed by atoms with Gasteiger partial charge in [-0.3, -0.25) is 4.79 Å². The molecule has 108 valence electrons. The zero-order valence-electron chi connectivity index (χ0n) is 12.1. The molecule has 1 aromatic carbocycles. The highest BCUT2D eigenvalue weighted by Gasteiger charge is 2.36. The van der Waals surface area contributed by atoms with Gasteiger partial charge in [-0.05, 0) is 62.3 Å². The van der Waals surface area contributed by atoms with E-state index in [9.17, 15) is 9.18 Å². The number of likely N-dealkylation sites (tertiary alicyclic amines) is 1. The topological polar surface area (TPSA) is 20.3 Å². The molecule has 2 fully saturated rings. The lowest BCUT2D eigenvalue weighted by molar-refractivity contribution is 0.0689. The van der Waals surface area contributed by atoms with Gasteiger partial charge in [0.15, 0.2) is 0 Å². The summed E-state index contributed by atoms with van der Waals surface area (Å²) in [6, 6.07) is 5.12. The van der Waals surface area contributed by atoms with E-state index in [2.05, 4.69) is 0 Å². The Labute approximate surface area is 120 Å². The van der Waals surface area contributed by atoms with Crippen LogP contribution in [0.1, 0.15) is 54.4 Å². The number of rotatable bonds is 2. The molecule has 1 saturated carbocycles.